The molecule has 0 fully saturated rings. The third-order valence-electron chi connectivity index (χ3n) is 2.79. The Kier molecular flexibility index (Phi) is 4.11. The normalized spacial score (nSPS) is 11.0. The molecule has 0 aliphatic heterocycles. The SMILES string of the molecule is O=C(Nc1ccc([N+](=O)[O-])c(C(F)(F)F)c1)c1ccccc1. The Hall–Kier alpha value is -2.90. The lowest BCUT2D eigenvalue weighted by Gasteiger charge is -2.10. The highest BCUT2D eigenvalue weighted by Crippen LogP contribution is 2.37. The predicted octanol–water partition coefficient (Wildman–Crippen LogP) is 3.87. The summed E-state index contributed by atoms with van der Waals surface area (Å²) in [5.41, 5.74) is -2.39. The van der Waals surface area contributed by atoms with E-state index in [9.17, 15) is 28.1 Å². The molecular formula is C14H9F3N2O3. The second kappa shape index (κ2) is 5.84. The van der Waals surface area contributed by atoms with Crippen LogP contribution in [0.15, 0.2) is 48.5 Å². The van der Waals surface area contributed by atoms with Gasteiger partial charge < -0.3 is 5.32 Å². The molecule has 0 spiro atoms. The van der Waals surface area contributed by atoms with Gasteiger partial charge in [0.1, 0.15) is 5.56 Å². The minimum atomic E-state index is -4.89. The van der Waals surface area contributed by atoms with Crippen LogP contribution >= 0.6 is 0 Å². The molecule has 1 amide bonds. The van der Waals surface area contributed by atoms with Crippen LogP contribution in [0.3, 0.4) is 0 Å². The maximum Gasteiger partial charge on any atom is 0.423 e. The van der Waals surface area contributed by atoms with Crippen molar-refractivity contribution in [1.29, 1.82) is 0 Å². The van der Waals surface area contributed by atoms with Crippen molar-refractivity contribution < 1.29 is 22.9 Å². The fourth-order valence-electron chi connectivity index (χ4n) is 1.79. The lowest BCUT2D eigenvalue weighted by molar-refractivity contribution is -0.388. The molecule has 0 aromatic heterocycles. The smallest absolute Gasteiger partial charge is 0.322 e. The van der Waals surface area contributed by atoms with E-state index < -0.39 is 28.3 Å². The predicted molar refractivity (Wildman–Crippen MR) is 72.5 cm³/mol. The molecule has 0 heterocycles. The van der Waals surface area contributed by atoms with E-state index in [1.807, 2.05) is 0 Å². The van der Waals surface area contributed by atoms with Crippen LogP contribution in [0, 0.1) is 10.1 Å². The van der Waals surface area contributed by atoms with Gasteiger partial charge in [-0.1, -0.05) is 18.2 Å². The summed E-state index contributed by atoms with van der Waals surface area (Å²) in [4.78, 5) is 21.4. The van der Waals surface area contributed by atoms with E-state index in [0.717, 1.165) is 6.07 Å². The van der Waals surface area contributed by atoms with Gasteiger partial charge in [0.05, 0.1) is 4.92 Å². The van der Waals surface area contributed by atoms with Gasteiger partial charge in [-0.2, -0.15) is 13.2 Å². The average Bonchev–Trinajstić information content (AvgIpc) is 2.47. The van der Waals surface area contributed by atoms with Crippen LogP contribution in [0.4, 0.5) is 24.5 Å². The van der Waals surface area contributed by atoms with E-state index >= 15 is 0 Å². The first-order valence-corrected chi connectivity index (χ1v) is 6.01. The first-order chi connectivity index (χ1) is 10.3. The molecule has 2 aromatic carbocycles. The van der Waals surface area contributed by atoms with Gasteiger partial charge in [0.15, 0.2) is 0 Å². The lowest BCUT2D eigenvalue weighted by atomic mass is 10.1. The molecule has 0 aliphatic carbocycles. The van der Waals surface area contributed by atoms with Gasteiger partial charge in [0.25, 0.3) is 11.6 Å². The van der Waals surface area contributed by atoms with Crippen LogP contribution < -0.4 is 5.32 Å². The minimum absolute atomic E-state index is 0.174. The zero-order valence-corrected chi connectivity index (χ0v) is 10.9. The summed E-state index contributed by atoms with van der Waals surface area (Å²) in [7, 11) is 0. The van der Waals surface area contributed by atoms with E-state index in [4.69, 9.17) is 0 Å². The first-order valence-electron chi connectivity index (χ1n) is 6.01. The summed E-state index contributed by atoms with van der Waals surface area (Å²) in [6.07, 6.45) is -4.89. The number of alkyl halides is 3. The number of hydrogen-bond acceptors (Lipinski definition) is 3. The summed E-state index contributed by atoms with van der Waals surface area (Å²) in [6, 6.07) is 10.2. The van der Waals surface area contributed by atoms with Crippen molar-refractivity contribution in [2.75, 3.05) is 5.32 Å². The standard InChI is InChI=1S/C14H9F3N2O3/c15-14(16,17)11-8-10(6-7-12(11)19(21)22)18-13(20)9-4-2-1-3-5-9/h1-8H,(H,18,20). The van der Waals surface area contributed by atoms with Crippen molar-refractivity contribution in [1.82, 2.24) is 0 Å². The molecule has 0 saturated heterocycles. The Morgan fingerprint density at radius 3 is 2.27 bits per heavy atom. The number of hydrogen-bond donors (Lipinski definition) is 1. The number of carbonyl (C=O) groups is 1. The molecule has 1 N–H and O–H groups in total. The van der Waals surface area contributed by atoms with Gasteiger partial charge in [0.2, 0.25) is 0 Å². The number of rotatable bonds is 3. The molecule has 0 radical (unpaired) electrons. The lowest BCUT2D eigenvalue weighted by Crippen LogP contribution is -2.14. The van der Waals surface area contributed by atoms with E-state index in [-0.39, 0.29) is 11.3 Å². The zero-order chi connectivity index (χ0) is 16.3. The maximum absolute atomic E-state index is 12.8. The Bertz CT molecular complexity index is 715. The topological polar surface area (TPSA) is 72.2 Å². The monoisotopic (exact) mass is 310 g/mol. The number of nitro groups is 1. The van der Waals surface area contributed by atoms with Crippen LogP contribution in [0.5, 0.6) is 0 Å². The van der Waals surface area contributed by atoms with Crippen molar-refractivity contribution in [3.63, 3.8) is 0 Å². The molecular weight excluding hydrogens is 301 g/mol. The molecule has 8 heteroatoms. The van der Waals surface area contributed by atoms with Crippen LogP contribution in [0.25, 0.3) is 0 Å². The first kappa shape index (κ1) is 15.5. The van der Waals surface area contributed by atoms with Gasteiger partial charge >= 0.3 is 6.18 Å². The van der Waals surface area contributed by atoms with Gasteiger partial charge in [-0.3, -0.25) is 14.9 Å². The fourth-order valence-corrected chi connectivity index (χ4v) is 1.79. The second-order valence-electron chi connectivity index (χ2n) is 4.31. The van der Waals surface area contributed by atoms with Gasteiger partial charge in [-0.25, -0.2) is 0 Å². The number of halogens is 3. The molecule has 0 aliphatic rings. The average molecular weight is 310 g/mol. The van der Waals surface area contributed by atoms with Crippen molar-refractivity contribution in [3.05, 3.63) is 69.8 Å². The summed E-state index contributed by atoms with van der Waals surface area (Å²) in [5.74, 6) is -0.609. The molecule has 0 unspecified atom stereocenters. The Balaban J connectivity index is 2.34. The molecule has 22 heavy (non-hydrogen) atoms. The van der Waals surface area contributed by atoms with E-state index in [1.54, 1.807) is 18.2 Å². The van der Waals surface area contributed by atoms with Crippen molar-refractivity contribution in [2.24, 2.45) is 0 Å². The number of anilines is 1. The Labute approximate surface area is 122 Å². The highest BCUT2D eigenvalue weighted by molar-refractivity contribution is 6.04. The fraction of sp³-hybridized carbons (Fsp3) is 0.0714. The van der Waals surface area contributed by atoms with Crippen LogP contribution in [0.2, 0.25) is 0 Å². The summed E-state index contributed by atoms with van der Waals surface area (Å²) >= 11 is 0. The van der Waals surface area contributed by atoms with Crippen LogP contribution in [-0.4, -0.2) is 10.8 Å². The number of benzene rings is 2. The second-order valence-corrected chi connectivity index (χ2v) is 4.31. The maximum atomic E-state index is 12.8. The third-order valence-corrected chi connectivity index (χ3v) is 2.79. The number of nitro benzene ring substituents is 1. The quantitative estimate of drug-likeness (QED) is 0.691. The number of nitrogens with one attached hydrogen (secondary N) is 1. The molecule has 2 aromatic rings. The van der Waals surface area contributed by atoms with Crippen molar-refractivity contribution in [3.8, 4) is 0 Å². The highest BCUT2D eigenvalue weighted by Gasteiger charge is 2.38. The molecule has 2 rings (SSSR count). The van der Waals surface area contributed by atoms with Crippen LogP contribution in [-0.2, 0) is 6.18 Å². The molecule has 0 saturated carbocycles. The van der Waals surface area contributed by atoms with E-state index in [2.05, 4.69) is 5.32 Å². The van der Waals surface area contributed by atoms with Crippen LogP contribution in [0.1, 0.15) is 15.9 Å². The number of amides is 1. The Morgan fingerprint density at radius 1 is 1.09 bits per heavy atom. The van der Waals surface area contributed by atoms with Gasteiger partial charge in [-0.15, -0.1) is 0 Å². The highest BCUT2D eigenvalue weighted by atomic mass is 19.4. The summed E-state index contributed by atoms with van der Waals surface area (Å²) < 4.78 is 38.5. The summed E-state index contributed by atoms with van der Waals surface area (Å²) in [6.45, 7) is 0. The number of carbonyl (C=O) groups excluding carboxylic acids is 1. The Morgan fingerprint density at radius 2 is 1.73 bits per heavy atom. The molecule has 0 bridgehead atoms. The molecule has 5 nitrogen and oxygen atoms in total. The van der Waals surface area contributed by atoms with Crippen molar-refractivity contribution in [2.45, 2.75) is 6.18 Å². The van der Waals surface area contributed by atoms with Gasteiger partial charge in [0, 0.05) is 17.3 Å². The number of nitrogens with zero attached hydrogens (tertiary/aromatic N) is 1. The molecule has 114 valence electrons. The zero-order valence-electron chi connectivity index (χ0n) is 10.9. The van der Waals surface area contributed by atoms with E-state index in [0.29, 0.717) is 12.1 Å². The largest absolute Gasteiger partial charge is 0.423 e. The third kappa shape index (κ3) is 3.40. The van der Waals surface area contributed by atoms with Crippen molar-refractivity contribution >= 4 is 17.3 Å². The van der Waals surface area contributed by atoms with E-state index in [1.165, 1.54) is 12.1 Å². The molecule has 0 atom stereocenters. The minimum Gasteiger partial charge on any atom is -0.322 e. The van der Waals surface area contributed by atoms with Gasteiger partial charge in [-0.05, 0) is 24.3 Å². The summed E-state index contributed by atoms with van der Waals surface area (Å²) in [5, 5.41) is 12.9.